The average molecular weight is 212 g/mol. The summed E-state index contributed by atoms with van der Waals surface area (Å²) < 4.78 is 0. The Bertz CT molecular complexity index is 286. The van der Waals surface area contributed by atoms with Crippen LogP contribution in [0.4, 0.5) is 0 Å². The van der Waals surface area contributed by atoms with Crippen molar-refractivity contribution in [2.75, 3.05) is 26.7 Å². The summed E-state index contributed by atoms with van der Waals surface area (Å²) in [6.45, 7) is 2.34. The number of nitrogens with zero attached hydrogens (tertiary/aromatic N) is 2. The number of hydrogen-bond donors (Lipinski definition) is 1. The van der Waals surface area contributed by atoms with Gasteiger partial charge in [-0.25, -0.2) is 0 Å². The summed E-state index contributed by atoms with van der Waals surface area (Å²) in [4.78, 5) is 25.9. The molecule has 5 heteroatoms. The molecule has 0 spiro atoms. The second kappa shape index (κ2) is 3.81. The quantitative estimate of drug-likeness (QED) is 0.693. The van der Waals surface area contributed by atoms with Crippen LogP contribution in [-0.2, 0) is 9.59 Å². The molecule has 1 amide bonds. The van der Waals surface area contributed by atoms with Crippen molar-refractivity contribution >= 4 is 11.9 Å². The number of aliphatic carboxylic acids is 1. The minimum absolute atomic E-state index is 0.0139. The van der Waals surface area contributed by atoms with Gasteiger partial charge in [0.2, 0.25) is 5.91 Å². The zero-order valence-electron chi connectivity index (χ0n) is 8.85. The molecule has 0 radical (unpaired) electrons. The number of carboxylic acids is 1. The molecule has 15 heavy (non-hydrogen) atoms. The van der Waals surface area contributed by atoms with Crippen LogP contribution in [-0.4, -0.2) is 59.5 Å². The van der Waals surface area contributed by atoms with Crippen LogP contribution in [0.5, 0.6) is 0 Å². The molecule has 5 nitrogen and oxygen atoms in total. The molecular formula is C10H16N2O3. The Labute approximate surface area is 88.6 Å². The molecule has 0 aromatic heterocycles. The van der Waals surface area contributed by atoms with E-state index in [2.05, 4.69) is 4.90 Å². The van der Waals surface area contributed by atoms with E-state index in [1.54, 1.807) is 4.90 Å². The van der Waals surface area contributed by atoms with E-state index in [0.29, 0.717) is 0 Å². The largest absolute Gasteiger partial charge is 0.481 e. The molecular weight excluding hydrogens is 196 g/mol. The number of carboxylic acid groups (broad SMARTS) is 1. The first-order chi connectivity index (χ1) is 7.08. The molecule has 2 aliphatic rings. The molecule has 84 valence electrons. The second-order valence-corrected chi connectivity index (χ2v) is 4.48. The standard InChI is InChI=1S/C10H16N2O3/c1-11-3-2-8(10(11)15)12-5-7(6-12)4-9(13)14/h7-8H,2-6H2,1H3,(H,13,14). The van der Waals surface area contributed by atoms with Crippen molar-refractivity contribution in [2.45, 2.75) is 18.9 Å². The van der Waals surface area contributed by atoms with Crippen molar-refractivity contribution in [2.24, 2.45) is 5.92 Å². The third kappa shape index (κ3) is 1.97. The summed E-state index contributed by atoms with van der Waals surface area (Å²) in [5.74, 6) is -0.320. The van der Waals surface area contributed by atoms with Gasteiger partial charge < -0.3 is 10.0 Å². The third-order valence-electron chi connectivity index (χ3n) is 3.29. The Morgan fingerprint density at radius 3 is 2.67 bits per heavy atom. The lowest BCUT2D eigenvalue weighted by atomic mass is 9.94. The van der Waals surface area contributed by atoms with Crippen molar-refractivity contribution in [3.8, 4) is 0 Å². The first-order valence-electron chi connectivity index (χ1n) is 5.28. The fourth-order valence-corrected chi connectivity index (χ4v) is 2.38. The summed E-state index contributed by atoms with van der Waals surface area (Å²) in [6, 6.07) is 0.0139. The highest BCUT2D eigenvalue weighted by molar-refractivity contribution is 5.83. The molecule has 1 atom stereocenters. The normalized spacial score (nSPS) is 28.2. The highest BCUT2D eigenvalue weighted by atomic mass is 16.4. The van der Waals surface area contributed by atoms with Gasteiger partial charge in [-0.05, 0) is 12.3 Å². The van der Waals surface area contributed by atoms with Gasteiger partial charge in [0.15, 0.2) is 0 Å². The molecule has 1 unspecified atom stereocenters. The van der Waals surface area contributed by atoms with Gasteiger partial charge in [0.1, 0.15) is 0 Å². The van der Waals surface area contributed by atoms with Gasteiger partial charge in [-0.1, -0.05) is 0 Å². The lowest BCUT2D eigenvalue weighted by Crippen LogP contribution is -2.54. The van der Waals surface area contributed by atoms with E-state index in [0.717, 1.165) is 26.1 Å². The third-order valence-corrected chi connectivity index (χ3v) is 3.29. The predicted molar refractivity (Wildman–Crippen MR) is 53.4 cm³/mol. The maximum Gasteiger partial charge on any atom is 0.303 e. The van der Waals surface area contributed by atoms with E-state index < -0.39 is 5.97 Å². The Hall–Kier alpha value is -1.10. The van der Waals surface area contributed by atoms with Gasteiger partial charge in [-0.15, -0.1) is 0 Å². The van der Waals surface area contributed by atoms with Crippen LogP contribution in [0.3, 0.4) is 0 Å². The topological polar surface area (TPSA) is 60.9 Å². The van der Waals surface area contributed by atoms with E-state index in [4.69, 9.17) is 5.11 Å². The number of likely N-dealkylation sites (tertiary alicyclic amines) is 2. The van der Waals surface area contributed by atoms with Crippen LogP contribution in [0.15, 0.2) is 0 Å². The Morgan fingerprint density at radius 1 is 1.53 bits per heavy atom. The highest BCUT2D eigenvalue weighted by Crippen LogP contribution is 2.26. The summed E-state index contributed by atoms with van der Waals surface area (Å²) in [7, 11) is 1.82. The van der Waals surface area contributed by atoms with Crippen molar-refractivity contribution < 1.29 is 14.7 Å². The highest BCUT2D eigenvalue weighted by Gasteiger charge is 2.40. The average Bonchev–Trinajstić information content (AvgIpc) is 2.40. The number of amides is 1. The summed E-state index contributed by atoms with van der Waals surface area (Å²) in [6.07, 6.45) is 1.11. The summed E-state index contributed by atoms with van der Waals surface area (Å²) >= 11 is 0. The van der Waals surface area contributed by atoms with Crippen LogP contribution in [0.2, 0.25) is 0 Å². The maximum absolute atomic E-state index is 11.6. The van der Waals surface area contributed by atoms with Crippen LogP contribution < -0.4 is 0 Å². The van der Waals surface area contributed by atoms with Crippen LogP contribution in [0, 0.1) is 5.92 Å². The molecule has 2 fully saturated rings. The first-order valence-corrected chi connectivity index (χ1v) is 5.28. The molecule has 0 bridgehead atoms. The molecule has 2 saturated heterocycles. The fraction of sp³-hybridized carbons (Fsp3) is 0.800. The van der Waals surface area contributed by atoms with Crippen molar-refractivity contribution in [3.63, 3.8) is 0 Å². The summed E-state index contributed by atoms with van der Waals surface area (Å²) in [5, 5.41) is 8.60. The van der Waals surface area contributed by atoms with Gasteiger partial charge in [0.25, 0.3) is 0 Å². The number of rotatable bonds is 3. The Balaban J connectivity index is 1.80. The molecule has 2 heterocycles. The summed E-state index contributed by atoms with van der Waals surface area (Å²) in [5.41, 5.74) is 0. The van der Waals surface area contributed by atoms with Gasteiger partial charge in [0.05, 0.1) is 12.5 Å². The van der Waals surface area contributed by atoms with E-state index in [1.165, 1.54) is 0 Å². The van der Waals surface area contributed by atoms with Crippen molar-refractivity contribution in [1.82, 2.24) is 9.80 Å². The van der Waals surface area contributed by atoms with Crippen molar-refractivity contribution in [1.29, 1.82) is 0 Å². The molecule has 0 aromatic rings. The molecule has 1 N–H and O–H groups in total. The van der Waals surface area contributed by atoms with Gasteiger partial charge >= 0.3 is 5.97 Å². The van der Waals surface area contributed by atoms with E-state index >= 15 is 0 Å². The Kier molecular flexibility index (Phi) is 2.65. The monoisotopic (exact) mass is 212 g/mol. The smallest absolute Gasteiger partial charge is 0.303 e. The van der Waals surface area contributed by atoms with Gasteiger partial charge in [-0.2, -0.15) is 0 Å². The number of hydrogen-bond acceptors (Lipinski definition) is 3. The number of carbonyl (C=O) groups is 2. The molecule has 2 rings (SSSR count). The first kappa shape index (κ1) is 10.4. The van der Waals surface area contributed by atoms with Crippen molar-refractivity contribution in [3.05, 3.63) is 0 Å². The Morgan fingerprint density at radius 2 is 2.20 bits per heavy atom. The molecule has 0 aromatic carbocycles. The fourth-order valence-electron chi connectivity index (χ4n) is 2.38. The van der Waals surface area contributed by atoms with Crippen LogP contribution >= 0.6 is 0 Å². The SMILES string of the molecule is CN1CCC(N2CC(CC(=O)O)C2)C1=O. The van der Waals surface area contributed by atoms with Gasteiger partial charge in [-0.3, -0.25) is 14.5 Å². The minimum atomic E-state index is -0.741. The van der Waals surface area contributed by atoms with E-state index in [-0.39, 0.29) is 24.3 Å². The number of carbonyl (C=O) groups excluding carboxylic acids is 1. The zero-order chi connectivity index (χ0) is 11.0. The lowest BCUT2D eigenvalue weighted by Gasteiger charge is -2.41. The minimum Gasteiger partial charge on any atom is -0.481 e. The zero-order valence-corrected chi connectivity index (χ0v) is 8.85. The predicted octanol–water partition coefficient (Wildman–Crippen LogP) is -0.376. The maximum atomic E-state index is 11.6. The van der Waals surface area contributed by atoms with Gasteiger partial charge in [0, 0.05) is 26.7 Å². The molecule has 0 aliphatic carbocycles. The molecule has 0 saturated carbocycles. The number of likely N-dealkylation sites (N-methyl/N-ethyl adjacent to an activating group) is 1. The second-order valence-electron chi connectivity index (χ2n) is 4.48. The molecule has 2 aliphatic heterocycles. The lowest BCUT2D eigenvalue weighted by molar-refractivity contribution is -0.140. The van der Waals surface area contributed by atoms with E-state index in [1.807, 2.05) is 7.05 Å². The van der Waals surface area contributed by atoms with E-state index in [9.17, 15) is 9.59 Å². The van der Waals surface area contributed by atoms with Crippen LogP contribution in [0.25, 0.3) is 0 Å². The van der Waals surface area contributed by atoms with Crippen LogP contribution in [0.1, 0.15) is 12.8 Å².